The molecule has 0 saturated carbocycles. The minimum absolute atomic E-state index is 0.195. The summed E-state index contributed by atoms with van der Waals surface area (Å²) in [5, 5.41) is 54.4. The number of ether oxygens (including phenoxy) is 2. The molecule has 0 aromatic carbocycles. The summed E-state index contributed by atoms with van der Waals surface area (Å²) in [5.41, 5.74) is 0. The van der Waals surface area contributed by atoms with Gasteiger partial charge in [0.15, 0.2) is 6.29 Å². The van der Waals surface area contributed by atoms with Crippen LogP contribution >= 0.6 is 0 Å². The average Bonchev–Trinajstić information content (AvgIpc) is 3.33. The summed E-state index contributed by atoms with van der Waals surface area (Å²) in [6.45, 7) is 3.74. The van der Waals surface area contributed by atoms with Crippen molar-refractivity contribution in [3.8, 4) is 0 Å². The third-order valence-corrected chi connectivity index (χ3v) is 12.7. The van der Waals surface area contributed by atoms with Crippen LogP contribution in [-0.4, -0.2) is 87.5 Å². The summed E-state index contributed by atoms with van der Waals surface area (Å²) in [6, 6.07) is -0.832. The topological polar surface area (TPSA) is 149 Å². The van der Waals surface area contributed by atoms with E-state index in [2.05, 4.69) is 79.9 Å². The van der Waals surface area contributed by atoms with Crippen molar-refractivity contribution in [1.29, 1.82) is 0 Å². The molecule has 0 aliphatic carbocycles. The van der Waals surface area contributed by atoms with E-state index in [-0.39, 0.29) is 12.5 Å². The Bertz CT molecular complexity index is 1280. The van der Waals surface area contributed by atoms with Crippen molar-refractivity contribution in [2.75, 3.05) is 13.2 Å². The molecule has 7 unspecified atom stereocenters. The first-order valence-electron chi connectivity index (χ1n) is 27.7. The van der Waals surface area contributed by atoms with Gasteiger partial charge in [0, 0.05) is 6.42 Å². The van der Waals surface area contributed by atoms with Crippen LogP contribution in [0.15, 0.2) is 72.9 Å². The molecule has 1 fully saturated rings. The van der Waals surface area contributed by atoms with E-state index in [9.17, 15) is 30.3 Å². The normalized spacial score (nSPS) is 20.3. The van der Waals surface area contributed by atoms with Gasteiger partial charge in [-0.1, -0.05) is 215 Å². The number of hydrogen-bond donors (Lipinski definition) is 6. The Morgan fingerprint density at radius 2 is 0.896 bits per heavy atom. The lowest BCUT2D eigenvalue weighted by Gasteiger charge is -2.40. The molecule has 1 rings (SSSR count). The van der Waals surface area contributed by atoms with Gasteiger partial charge in [-0.3, -0.25) is 4.79 Å². The Kier molecular flexibility index (Phi) is 44.2. The highest BCUT2D eigenvalue weighted by Crippen LogP contribution is 2.23. The second-order valence-corrected chi connectivity index (χ2v) is 19.0. The fraction of sp³-hybridized carbons (Fsp3) is 0.776. The SMILES string of the molecule is CCCCCCC/C=C\C/C=C\C/C=C\CCCCCCCCCCCCCCC(=O)NC(COC1OC(CO)C(O)C(O)C1O)C(O)/C=C/CC/C=C/CC/C=C/CCCCCCCCC. The molecule has 1 aliphatic heterocycles. The first kappa shape index (κ1) is 62.6. The van der Waals surface area contributed by atoms with E-state index in [4.69, 9.17) is 9.47 Å². The lowest BCUT2D eigenvalue weighted by molar-refractivity contribution is -0.302. The molecule has 9 nitrogen and oxygen atoms in total. The zero-order valence-electron chi connectivity index (χ0n) is 42.9. The highest BCUT2D eigenvalue weighted by atomic mass is 16.7. The van der Waals surface area contributed by atoms with E-state index in [1.165, 1.54) is 148 Å². The highest BCUT2D eigenvalue weighted by Gasteiger charge is 2.44. The molecule has 0 aromatic heterocycles. The van der Waals surface area contributed by atoms with Gasteiger partial charge in [-0.05, 0) is 83.5 Å². The Morgan fingerprint density at radius 1 is 0.507 bits per heavy atom. The van der Waals surface area contributed by atoms with Gasteiger partial charge >= 0.3 is 0 Å². The Balaban J connectivity index is 2.26. The minimum Gasteiger partial charge on any atom is -0.394 e. The van der Waals surface area contributed by atoms with Crippen LogP contribution in [-0.2, 0) is 14.3 Å². The second kappa shape index (κ2) is 47.3. The molecule has 1 heterocycles. The predicted octanol–water partition coefficient (Wildman–Crippen LogP) is 13.3. The van der Waals surface area contributed by atoms with Crippen molar-refractivity contribution in [2.45, 2.75) is 275 Å². The summed E-state index contributed by atoms with van der Waals surface area (Å²) < 4.78 is 11.2. The number of amides is 1. The maximum Gasteiger partial charge on any atom is 0.220 e. The molecule has 7 atom stereocenters. The van der Waals surface area contributed by atoms with Crippen LogP contribution in [0.1, 0.15) is 232 Å². The van der Waals surface area contributed by atoms with Crippen LogP contribution in [0.25, 0.3) is 0 Å². The molecule has 1 amide bonds. The van der Waals surface area contributed by atoms with Gasteiger partial charge < -0.3 is 40.3 Å². The maximum absolute atomic E-state index is 13.0. The van der Waals surface area contributed by atoms with Crippen LogP contribution in [0.4, 0.5) is 0 Å². The van der Waals surface area contributed by atoms with Gasteiger partial charge in [0.05, 0.1) is 25.4 Å². The molecule has 0 radical (unpaired) electrons. The van der Waals surface area contributed by atoms with Crippen LogP contribution in [0.2, 0.25) is 0 Å². The van der Waals surface area contributed by atoms with Crippen LogP contribution in [0, 0.1) is 0 Å². The number of allylic oxidation sites excluding steroid dienone is 11. The number of nitrogens with one attached hydrogen (secondary N) is 1. The Morgan fingerprint density at radius 3 is 1.36 bits per heavy atom. The first-order valence-corrected chi connectivity index (χ1v) is 27.7. The van der Waals surface area contributed by atoms with Gasteiger partial charge in [0.1, 0.15) is 24.4 Å². The standard InChI is InChI=1S/C58H103NO8/c1-3-5-7-9-11-13-15-17-19-21-22-23-24-25-26-27-28-29-30-32-34-36-38-40-42-44-46-48-54(62)59-51(50-66-58-57(65)56(64)55(63)53(49-60)67-58)52(61)47-45-43-41-39-37-35-33-31-20-18-16-14-12-10-8-6-4-2/h15,17,20-22,24-25,31,37,39,45,47,51-53,55-58,60-61,63-65H,3-14,16,18-19,23,26-30,32-36,38,40-44,46,48-50H2,1-2H3,(H,59,62)/b17-15-,22-21-,25-24-,31-20+,39-37+,47-45+. The van der Waals surface area contributed by atoms with Crippen LogP contribution in [0.5, 0.6) is 0 Å². The molecule has 1 aliphatic rings. The smallest absolute Gasteiger partial charge is 0.220 e. The van der Waals surface area contributed by atoms with Crippen LogP contribution < -0.4 is 5.32 Å². The van der Waals surface area contributed by atoms with Crippen molar-refractivity contribution in [3.05, 3.63) is 72.9 Å². The number of hydrogen-bond acceptors (Lipinski definition) is 8. The average molecular weight is 942 g/mol. The number of aliphatic hydroxyl groups excluding tert-OH is 5. The maximum atomic E-state index is 13.0. The van der Waals surface area contributed by atoms with Gasteiger partial charge in [-0.15, -0.1) is 0 Å². The van der Waals surface area contributed by atoms with Crippen molar-refractivity contribution >= 4 is 5.91 Å². The van der Waals surface area contributed by atoms with Gasteiger partial charge in [0.25, 0.3) is 0 Å². The Labute approximate surface area is 410 Å². The molecule has 6 N–H and O–H groups in total. The van der Waals surface area contributed by atoms with E-state index < -0.39 is 49.5 Å². The molecular formula is C58H103NO8. The highest BCUT2D eigenvalue weighted by molar-refractivity contribution is 5.76. The number of carbonyl (C=O) groups excluding carboxylic acids is 1. The fourth-order valence-corrected chi connectivity index (χ4v) is 8.31. The molecule has 67 heavy (non-hydrogen) atoms. The van der Waals surface area contributed by atoms with Crippen molar-refractivity contribution < 1.29 is 39.8 Å². The van der Waals surface area contributed by atoms with Crippen molar-refractivity contribution in [1.82, 2.24) is 5.32 Å². The van der Waals surface area contributed by atoms with Gasteiger partial charge in [0.2, 0.25) is 5.91 Å². The third kappa shape index (κ3) is 37.2. The molecule has 0 bridgehead atoms. The Hall–Kier alpha value is -2.37. The molecular weight excluding hydrogens is 839 g/mol. The number of carbonyl (C=O) groups is 1. The van der Waals surface area contributed by atoms with Crippen LogP contribution in [0.3, 0.4) is 0 Å². The molecule has 1 saturated heterocycles. The number of unbranched alkanes of at least 4 members (excludes halogenated alkanes) is 26. The molecule has 9 heteroatoms. The largest absolute Gasteiger partial charge is 0.394 e. The summed E-state index contributed by atoms with van der Waals surface area (Å²) in [4.78, 5) is 13.0. The summed E-state index contributed by atoms with van der Waals surface area (Å²) >= 11 is 0. The lowest BCUT2D eigenvalue weighted by Crippen LogP contribution is -2.60. The lowest BCUT2D eigenvalue weighted by atomic mass is 9.99. The zero-order valence-corrected chi connectivity index (χ0v) is 42.9. The van der Waals surface area contributed by atoms with Gasteiger partial charge in [-0.2, -0.15) is 0 Å². The van der Waals surface area contributed by atoms with E-state index in [1.807, 2.05) is 6.08 Å². The van der Waals surface area contributed by atoms with Crippen molar-refractivity contribution in [2.24, 2.45) is 0 Å². The summed E-state index contributed by atoms with van der Waals surface area (Å²) in [6.07, 6.45) is 58.1. The second-order valence-electron chi connectivity index (χ2n) is 19.0. The summed E-state index contributed by atoms with van der Waals surface area (Å²) in [5.74, 6) is -0.195. The van der Waals surface area contributed by atoms with Gasteiger partial charge in [-0.25, -0.2) is 0 Å². The predicted molar refractivity (Wildman–Crippen MR) is 281 cm³/mol. The summed E-state index contributed by atoms with van der Waals surface area (Å²) in [7, 11) is 0. The zero-order chi connectivity index (χ0) is 48.7. The quantitative estimate of drug-likeness (QED) is 0.0261. The monoisotopic (exact) mass is 942 g/mol. The fourth-order valence-electron chi connectivity index (χ4n) is 8.31. The first-order chi connectivity index (χ1) is 32.8. The molecule has 0 spiro atoms. The third-order valence-electron chi connectivity index (χ3n) is 12.7. The molecule has 388 valence electrons. The van der Waals surface area contributed by atoms with E-state index in [1.54, 1.807) is 6.08 Å². The number of rotatable bonds is 46. The van der Waals surface area contributed by atoms with E-state index in [0.29, 0.717) is 6.42 Å². The van der Waals surface area contributed by atoms with E-state index >= 15 is 0 Å². The number of aliphatic hydroxyl groups is 5. The van der Waals surface area contributed by atoms with Crippen molar-refractivity contribution in [3.63, 3.8) is 0 Å². The minimum atomic E-state index is -1.58. The van der Waals surface area contributed by atoms with E-state index in [0.717, 1.165) is 64.2 Å². The molecule has 0 aromatic rings.